The molecule has 1 aliphatic rings. The van der Waals surface area contributed by atoms with Gasteiger partial charge in [0.1, 0.15) is 0 Å². The van der Waals surface area contributed by atoms with Crippen LogP contribution in [0.1, 0.15) is 38.8 Å². The van der Waals surface area contributed by atoms with E-state index in [0.717, 1.165) is 0 Å². The van der Waals surface area contributed by atoms with Crippen molar-refractivity contribution in [2.75, 3.05) is 19.6 Å². The van der Waals surface area contributed by atoms with Crippen LogP contribution in [0.2, 0.25) is 0 Å². The van der Waals surface area contributed by atoms with Crippen LogP contribution >= 0.6 is 0 Å². The van der Waals surface area contributed by atoms with Gasteiger partial charge in [-0.05, 0) is 30.5 Å². The zero-order chi connectivity index (χ0) is 11.6. The van der Waals surface area contributed by atoms with Gasteiger partial charge in [0, 0.05) is 30.9 Å². The lowest BCUT2D eigenvalue weighted by Crippen LogP contribution is -2.30. The number of hydrogen-bond acceptors (Lipinski definition) is 2. The topological polar surface area (TPSA) is 16.1 Å². The van der Waals surface area contributed by atoms with Gasteiger partial charge in [-0.3, -0.25) is 4.98 Å². The Labute approximate surface area is 98.7 Å². The van der Waals surface area contributed by atoms with Crippen LogP contribution in [0, 0.1) is 5.41 Å². The highest BCUT2D eigenvalue weighted by atomic mass is 15.2. The molecule has 88 valence electrons. The van der Waals surface area contributed by atoms with Crippen LogP contribution in [-0.4, -0.2) is 29.5 Å². The summed E-state index contributed by atoms with van der Waals surface area (Å²) in [4.78, 5) is 7.03. The summed E-state index contributed by atoms with van der Waals surface area (Å²) in [5, 5.41) is 0. The molecule has 0 N–H and O–H groups in total. The lowest BCUT2D eigenvalue weighted by molar-refractivity contribution is 0.225. The van der Waals surface area contributed by atoms with Gasteiger partial charge in [0.05, 0.1) is 0 Å². The molecular weight excluding hydrogens is 196 g/mol. The molecule has 1 atom stereocenters. The van der Waals surface area contributed by atoms with E-state index >= 15 is 0 Å². The fraction of sp³-hybridized carbons (Fsp3) is 0.643. The van der Waals surface area contributed by atoms with Gasteiger partial charge < -0.3 is 4.90 Å². The summed E-state index contributed by atoms with van der Waals surface area (Å²) in [5.41, 5.74) is 1.66. The average Bonchev–Trinajstić information content (AvgIpc) is 2.65. The molecule has 1 aliphatic heterocycles. The highest BCUT2D eigenvalue weighted by molar-refractivity contribution is 5.11. The molecule has 2 heterocycles. The lowest BCUT2D eigenvalue weighted by atomic mass is 9.96. The van der Waals surface area contributed by atoms with Gasteiger partial charge in [-0.25, -0.2) is 0 Å². The minimum absolute atomic E-state index is 0.402. The standard InChI is InChI=1S/C14H22N2/c1-14(2,3)11-16-9-7-12(10-16)13-6-4-5-8-15-13/h4-6,8,12H,7,9-11H2,1-3H3. The van der Waals surface area contributed by atoms with Gasteiger partial charge in [0.15, 0.2) is 0 Å². The Bertz CT molecular complexity index is 326. The minimum Gasteiger partial charge on any atom is -0.302 e. The second kappa shape index (κ2) is 4.54. The van der Waals surface area contributed by atoms with E-state index < -0.39 is 0 Å². The summed E-state index contributed by atoms with van der Waals surface area (Å²) in [6.07, 6.45) is 3.16. The van der Waals surface area contributed by atoms with Crippen LogP contribution in [0.25, 0.3) is 0 Å². The molecule has 1 aromatic heterocycles. The predicted octanol–water partition coefficient (Wildman–Crippen LogP) is 2.92. The van der Waals surface area contributed by atoms with Gasteiger partial charge in [-0.15, -0.1) is 0 Å². The van der Waals surface area contributed by atoms with Crippen LogP contribution in [0.15, 0.2) is 24.4 Å². The second-order valence-electron chi connectivity index (χ2n) is 6.04. The van der Waals surface area contributed by atoms with Crippen molar-refractivity contribution in [3.63, 3.8) is 0 Å². The number of rotatable bonds is 2. The zero-order valence-electron chi connectivity index (χ0n) is 10.6. The molecule has 16 heavy (non-hydrogen) atoms. The maximum Gasteiger partial charge on any atom is 0.0447 e. The Kier molecular flexibility index (Phi) is 3.29. The van der Waals surface area contributed by atoms with E-state index in [1.807, 2.05) is 12.3 Å². The van der Waals surface area contributed by atoms with E-state index in [1.54, 1.807) is 0 Å². The monoisotopic (exact) mass is 218 g/mol. The molecule has 0 aromatic carbocycles. The number of hydrogen-bond donors (Lipinski definition) is 0. The Morgan fingerprint density at radius 1 is 1.38 bits per heavy atom. The Morgan fingerprint density at radius 3 is 2.81 bits per heavy atom. The average molecular weight is 218 g/mol. The molecule has 0 radical (unpaired) electrons. The maximum atomic E-state index is 4.46. The first kappa shape index (κ1) is 11.6. The first-order chi connectivity index (χ1) is 7.54. The molecule has 2 rings (SSSR count). The molecule has 1 unspecified atom stereocenters. The third-order valence-electron chi connectivity index (χ3n) is 3.08. The fourth-order valence-corrected chi connectivity index (χ4v) is 2.51. The van der Waals surface area contributed by atoms with Crippen LogP contribution < -0.4 is 0 Å². The Morgan fingerprint density at radius 2 is 2.19 bits per heavy atom. The van der Waals surface area contributed by atoms with E-state index in [-0.39, 0.29) is 0 Å². The van der Waals surface area contributed by atoms with Crippen molar-refractivity contribution in [2.45, 2.75) is 33.1 Å². The smallest absolute Gasteiger partial charge is 0.0447 e. The van der Waals surface area contributed by atoms with E-state index in [4.69, 9.17) is 0 Å². The third-order valence-corrected chi connectivity index (χ3v) is 3.08. The second-order valence-corrected chi connectivity index (χ2v) is 6.04. The molecule has 0 spiro atoms. The third kappa shape index (κ3) is 3.05. The number of likely N-dealkylation sites (tertiary alicyclic amines) is 1. The normalized spacial score (nSPS) is 22.6. The molecule has 0 saturated carbocycles. The lowest BCUT2D eigenvalue weighted by Gasteiger charge is -2.26. The fourth-order valence-electron chi connectivity index (χ4n) is 2.51. The first-order valence-corrected chi connectivity index (χ1v) is 6.18. The predicted molar refractivity (Wildman–Crippen MR) is 67.5 cm³/mol. The number of nitrogens with zero attached hydrogens (tertiary/aromatic N) is 2. The van der Waals surface area contributed by atoms with Gasteiger partial charge in [0.2, 0.25) is 0 Å². The quantitative estimate of drug-likeness (QED) is 0.758. The van der Waals surface area contributed by atoms with Gasteiger partial charge >= 0.3 is 0 Å². The summed E-state index contributed by atoms with van der Waals surface area (Å²) >= 11 is 0. The number of aromatic nitrogens is 1. The van der Waals surface area contributed by atoms with Gasteiger partial charge in [0.25, 0.3) is 0 Å². The van der Waals surface area contributed by atoms with E-state index in [0.29, 0.717) is 11.3 Å². The van der Waals surface area contributed by atoms with Gasteiger partial charge in [-0.1, -0.05) is 26.8 Å². The maximum absolute atomic E-state index is 4.46. The Hall–Kier alpha value is -0.890. The van der Waals surface area contributed by atoms with Crippen molar-refractivity contribution < 1.29 is 0 Å². The van der Waals surface area contributed by atoms with Crippen LogP contribution in [0.5, 0.6) is 0 Å². The van der Waals surface area contributed by atoms with E-state index in [2.05, 4.69) is 42.8 Å². The van der Waals surface area contributed by atoms with Gasteiger partial charge in [-0.2, -0.15) is 0 Å². The van der Waals surface area contributed by atoms with Crippen molar-refractivity contribution in [1.82, 2.24) is 9.88 Å². The molecule has 2 heteroatoms. The van der Waals surface area contributed by atoms with Crippen LogP contribution in [0.4, 0.5) is 0 Å². The van der Waals surface area contributed by atoms with E-state index in [1.165, 1.54) is 31.7 Å². The van der Waals surface area contributed by atoms with Crippen molar-refractivity contribution in [3.8, 4) is 0 Å². The summed E-state index contributed by atoms with van der Waals surface area (Å²) in [7, 11) is 0. The molecule has 0 aliphatic carbocycles. The molecule has 0 amide bonds. The van der Waals surface area contributed by atoms with Crippen molar-refractivity contribution in [2.24, 2.45) is 5.41 Å². The molecule has 0 bridgehead atoms. The first-order valence-electron chi connectivity index (χ1n) is 6.18. The Balaban J connectivity index is 1.94. The summed E-state index contributed by atoms with van der Waals surface area (Å²) in [6.45, 7) is 10.5. The molecule has 1 aromatic rings. The SMILES string of the molecule is CC(C)(C)CN1CCC(c2ccccn2)C1. The molecule has 2 nitrogen and oxygen atoms in total. The van der Waals surface area contributed by atoms with Crippen LogP contribution in [-0.2, 0) is 0 Å². The summed E-state index contributed by atoms with van der Waals surface area (Å²) < 4.78 is 0. The molecule has 1 fully saturated rings. The highest BCUT2D eigenvalue weighted by Crippen LogP contribution is 2.28. The summed E-state index contributed by atoms with van der Waals surface area (Å²) in [6, 6.07) is 6.24. The minimum atomic E-state index is 0.402. The van der Waals surface area contributed by atoms with Crippen molar-refractivity contribution in [3.05, 3.63) is 30.1 Å². The molecular formula is C14H22N2. The zero-order valence-corrected chi connectivity index (χ0v) is 10.6. The highest BCUT2D eigenvalue weighted by Gasteiger charge is 2.27. The van der Waals surface area contributed by atoms with Crippen molar-refractivity contribution in [1.29, 1.82) is 0 Å². The molecule has 1 saturated heterocycles. The van der Waals surface area contributed by atoms with Crippen molar-refractivity contribution >= 4 is 0 Å². The van der Waals surface area contributed by atoms with E-state index in [9.17, 15) is 0 Å². The van der Waals surface area contributed by atoms with Crippen LogP contribution in [0.3, 0.4) is 0 Å². The number of pyridine rings is 1. The summed E-state index contributed by atoms with van der Waals surface area (Å²) in [5.74, 6) is 0.642. The largest absolute Gasteiger partial charge is 0.302 e.